The lowest BCUT2D eigenvalue weighted by molar-refractivity contribution is -0.274. The first kappa shape index (κ1) is 19.3. The third kappa shape index (κ3) is 3.50. The normalized spacial score (nSPS) is 24.0. The minimum atomic E-state index is -4.72. The van der Waals surface area contributed by atoms with Crippen molar-refractivity contribution in [2.75, 3.05) is 32.8 Å². The van der Waals surface area contributed by atoms with E-state index in [0.29, 0.717) is 32.0 Å². The van der Waals surface area contributed by atoms with Crippen LogP contribution in [0.5, 0.6) is 5.75 Å². The molecule has 11 heteroatoms. The van der Waals surface area contributed by atoms with E-state index < -0.39 is 18.0 Å². The Bertz CT molecular complexity index is 856. The number of amides is 3. The Hall–Kier alpha value is -2.72. The van der Waals surface area contributed by atoms with Crippen LogP contribution in [-0.4, -0.2) is 71.6 Å². The molecule has 4 aliphatic rings. The zero-order valence-electron chi connectivity index (χ0n) is 16.1. The molecule has 0 bridgehead atoms. The van der Waals surface area contributed by atoms with Gasteiger partial charge in [-0.25, -0.2) is 9.59 Å². The molecule has 2 spiro atoms. The van der Waals surface area contributed by atoms with Crippen molar-refractivity contribution in [1.29, 1.82) is 0 Å². The highest BCUT2D eigenvalue weighted by Gasteiger charge is 2.57. The maximum atomic E-state index is 12.6. The topological polar surface area (TPSA) is 84.0 Å². The van der Waals surface area contributed by atoms with Crippen LogP contribution in [0.3, 0.4) is 0 Å². The van der Waals surface area contributed by atoms with Crippen LogP contribution in [0.1, 0.15) is 18.5 Å². The molecule has 30 heavy (non-hydrogen) atoms. The summed E-state index contributed by atoms with van der Waals surface area (Å²) in [5, 5.41) is 2.77. The van der Waals surface area contributed by atoms with Crippen molar-refractivity contribution in [3.05, 3.63) is 24.0 Å². The Morgan fingerprint density at radius 2 is 1.93 bits per heavy atom. The summed E-state index contributed by atoms with van der Waals surface area (Å²) in [4.78, 5) is 31.4. The smallest absolute Gasteiger partial charge is 0.447 e. The number of alkyl carbamates (subject to hydrolysis) is 1. The van der Waals surface area contributed by atoms with Crippen LogP contribution in [0.2, 0.25) is 0 Å². The highest BCUT2D eigenvalue weighted by molar-refractivity contribution is 5.78. The molecule has 0 atom stereocenters. The van der Waals surface area contributed by atoms with Gasteiger partial charge in [-0.1, -0.05) is 0 Å². The van der Waals surface area contributed by atoms with E-state index in [1.165, 1.54) is 6.07 Å². The Labute approximate surface area is 170 Å². The Morgan fingerprint density at radius 3 is 2.50 bits per heavy atom. The number of carbonyl (C=O) groups is 2. The summed E-state index contributed by atoms with van der Waals surface area (Å²) in [5.41, 5.74) is 0.487. The number of nitrogens with zero attached hydrogens (tertiary/aromatic N) is 3. The molecule has 0 aromatic carbocycles. The van der Waals surface area contributed by atoms with Crippen molar-refractivity contribution in [3.63, 3.8) is 0 Å². The van der Waals surface area contributed by atoms with Crippen molar-refractivity contribution in [2.24, 2.45) is 11.3 Å². The third-order valence-corrected chi connectivity index (χ3v) is 6.40. The van der Waals surface area contributed by atoms with Gasteiger partial charge < -0.3 is 24.6 Å². The summed E-state index contributed by atoms with van der Waals surface area (Å²) >= 11 is 0. The van der Waals surface area contributed by atoms with Crippen LogP contribution in [0.25, 0.3) is 0 Å². The van der Waals surface area contributed by atoms with Gasteiger partial charge in [0.1, 0.15) is 17.9 Å². The number of alkyl halides is 3. The van der Waals surface area contributed by atoms with Crippen LogP contribution in [0.4, 0.5) is 22.8 Å². The fraction of sp³-hybridized carbons (Fsp3) is 0.632. The highest BCUT2D eigenvalue weighted by Crippen LogP contribution is 2.53. The minimum absolute atomic E-state index is 0.00207. The second-order valence-electron chi connectivity index (χ2n) is 8.99. The maximum absolute atomic E-state index is 12.6. The van der Waals surface area contributed by atoms with Gasteiger partial charge in [-0.2, -0.15) is 0 Å². The van der Waals surface area contributed by atoms with Crippen molar-refractivity contribution in [3.8, 4) is 5.75 Å². The van der Waals surface area contributed by atoms with Crippen LogP contribution >= 0.6 is 0 Å². The van der Waals surface area contributed by atoms with Gasteiger partial charge in [0, 0.05) is 24.2 Å². The number of urea groups is 1. The predicted octanol–water partition coefficient (Wildman–Crippen LogP) is 2.15. The molecule has 8 nitrogen and oxygen atoms in total. The van der Waals surface area contributed by atoms with E-state index in [2.05, 4.69) is 15.0 Å². The third-order valence-electron chi connectivity index (χ3n) is 6.40. The second-order valence-corrected chi connectivity index (χ2v) is 8.99. The number of hydrogen-bond donors (Lipinski definition) is 1. The average molecular weight is 426 g/mol. The molecule has 1 aliphatic carbocycles. The van der Waals surface area contributed by atoms with Gasteiger partial charge in [-0.3, -0.25) is 4.98 Å². The monoisotopic (exact) mass is 426 g/mol. The van der Waals surface area contributed by atoms with E-state index in [0.717, 1.165) is 37.8 Å². The van der Waals surface area contributed by atoms with E-state index >= 15 is 0 Å². The van der Waals surface area contributed by atoms with Gasteiger partial charge in [-0.05, 0) is 37.3 Å². The maximum Gasteiger partial charge on any atom is 0.573 e. The van der Waals surface area contributed by atoms with Gasteiger partial charge in [0.15, 0.2) is 0 Å². The lowest BCUT2D eigenvalue weighted by atomic mass is 9.57. The summed E-state index contributed by atoms with van der Waals surface area (Å²) in [6.07, 6.45) is -1.38. The number of carbonyl (C=O) groups excluding carboxylic acids is 2. The number of likely N-dealkylation sites (tertiary alicyclic amines) is 2. The zero-order valence-corrected chi connectivity index (χ0v) is 16.1. The molecule has 3 amide bonds. The van der Waals surface area contributed by atoms with E-state index in [1.807, 2.05) is 4.90 Å². The van der Waals surface area contributed by atoms with Gasteiger partial charge in [-0.15, -0.1) is 13.2 Å². The first-order valence-electron chi connectivity index (χ1n) is 9.82. The molecule has 1 aromatic rings. The summed E-state index contributed by atoms with van der Waals surface area (Å²) in [7, 11) is 0. The summed E-state index contributed by atoms with van der Waals surface area (Å²) < 4.78 is 45.4. The summed E-state index contributed by atoms with van der Waals surface area (Å²) in [6.45, 7) is 2.70. The molecule has 5 rings (SSSR count). The Balaban J connectivity index is 1.04. The highest BCUT2D eigenvalue weighted by atomic mass is 19.4. The van der Waals surface area contributed by atoms with E-state index in [4.69, 9.17) is 4.74 Å². The molecular weight excluding hydrogens is 405 g/mol. The molecule has 162 valence electrons. The molecular formula is C19H21F3N4O4. The number of ether oxygens (including phenoxy) is 2. The fourth-order valence-corrected chi connectivity index (χ4v) is 5.17. The van der Waals surface area contributed by atoms with Crippen LogP contribution < -0.4 is 10.1 Å². The number of nitrogens with one attached hydrogen (secondary N) is 1. The van der Waals surface area contributed by atoms with Crippen molar-refractivity contribution >= 4 is 12.1 Å². The molecule has 4 fully saturated rings. The molecule has 1 aromatic heterocycles. The van der Waals surface area contributed by atoms with Crippen LogP contribution in [0, 0.1) is 11.3 Å². The molecule has 0 unspecified atom stereocenters. The molecule has 3 saturated heterocycles. The van der Waals surface area contributed by atoms with Crippen molar-refractivity contribution in [2.45, 2.75) is 31.2 Å². The van der Waals surface area contributed by atoms with Crippen LogP contribution in [-0.2, 0) is 11.2 Å². The second kappa shape index (κ2) is 6.39. The van der Waals surface area contributed by atoms with Gasteiger partial charge in [0.25, 0.3) is 0 Å². The van der Waals surface area contributed by atoms with Gasteiger partial charge >= 0.3 is 18.5 Å². The molecule has 0 radical (unpaired) electrons. The van der Waals surface area contributed by atoms with Gasteiger partial charge in [0.2, 0.25) is 0 Å². The first-order valence-corrected chi connectivity index (χ1v) is 9.82. The molecule has 1 saturated carbocycles. The zero-order chi connectivity index (χ0) is 21.1. The molecule has 1 N–H and O–H groups in total. The average Bonchev–Trinajstić information content (AvgIpc) is 2.96. The van der Waals surface area contributed by atoms with Crippen LogP contribution in [0.15, 0.2) is 18.3 Å². The lowest BCUT2D eigenvalue weighted by Crippen LogP contribution is -2.74. The number of aromatic nitrogens is 1. The van der Waals surface area contributed by atoms with E-state index in [-0.39, 0.29) is 17.2 Å². The van der Waals surface area contributed by atoms with Crippen molar-refractivity contribution < 1.29 is 32.2 Å². The number of rotatable bonds is 3. The first-order chi connectivity index (χ1) is 14.1. The quantitative estimate of drug-likeness (QED) is 0.801. The van der Waals surface area contributed by atoms with E-state index in [9.17, 15) is 22.8 Å². The Kier molecular flexibility index (Phi) is 4.10. The minimum Gasteiger partial charge on any atom is -0.447 e. The van der Waals surface area contributed by atoms with E-state index in [1.54, 1.807) is 11.0 Å². The lowest BCUT2D eigenvalue weighted by Gasteiger charge is -2.60. The fourth-order valence-electron chi connectivity index (χ4n) is 5.17. The molecule has 4 heterocycles. The Morgan fingerprint density at radius 1 is 1.23 bits per heavy atom. The number of hydrogen-bond acceptors (Lipinski definition) is 5. The number of pyridine rings is 1. The molecule has 3 aliphatic heterocycles. The van der Waals surface area contributed by atoms with Crippen molar-refractivity contribution in [1.82, 2.24) is 20.1 Å². The summed E-state index contributed by atoms with van der Waals surface area (Å²) in [5.74, 6) is 0.100. The SMILES string of the molecule is O=C1NC2(CO1)CN(C(=O)N1CC3(CC(Cc4ccc(OC(F)(F)F)cn4)C3)C1)C2. The number of halogens is 3. The number of cyclic esters (lactones) is 1. The summed E-state index contributed by atoms with van der Waals surface area (Å²) in [6, 6.07) is 2.84. The predicted molar refractivity (Wildman–Crippen MR) is 95.5 cm³/mol. The standard InChI is InChI=1S/C19H21F3N4O4/c20-19(21,22)30-14-2-1-13(23-6-14)3-12-4-17(5-12)7-25(8-17)16(28)26-9-18(10-26)11-29-15(27)24-18/h1-2,6,12H,3-5,7-11H2,(H,24,27). The van der Waals surface area contributed by atoms with Gasteiger partial charge in [0.05, 0.1) is 19.3 Å². The largest absolute Gasteiger partial charge is 0.573 e.